The smallest absolute Gasteiger partial charge is 0.103 e. The molecule has 1 aliphatic carbocycles. The fraction of sp³-hybridized carbons (Fsp3) is 0.375. The van der Waals surface area contributed by atoms with Gasteiger partial charge in [-0.1, -0.05) is 31.2 Å². The maximum Gasteiger partial charge on any atom is 0.103 e. The predicted molar refractivity (Wildman–Crippen MR) is 70.9 cm³/mol. The molecule has 3 rings (SSSR count). The second kappa shape index (κ2) is 3.85. The van der Waals surface area contributed by atoms with E-state index >= 15 is 0 Å². The first-order chi connectivity index (χ1) is 8.22. The van der Waals surface area contributed by atoms with Crippen LogP contribution in [-0.2, 0) is 4.74 Å². The summed E-state index contributed by atoms with van der Waals surface area (Å²) in [7, 11) is 0. The molecule has 0 amide bonds. The zero-order chi connectivity index (χ0) is 12.0. The van der Waals surface area contributed by atoms with E-state index in [-0.39, 0.29) is 12.2 Å². The minimum absolute atomic E-state index is 0.165. The van der Waals surface area contributed by atoms with E-state index in [0.29, 0.717) is 0 Å². The highest BCUT2D eigenvalue weighted by atomic mass is 16.5. The third-order valence-electron chi connectivity index (χ3n) is 3.97. The van der Waals surface area contributed by atoms with Gasteiger partial charge in [0, 0.05) is 0 Å². The van der Waals surface area contributed by atoms with Crippen LogP contribution in [0.2, 0.25) is 0 Å². The molecule has 2 aliphatic rings. The Morgan fingerprint density at radius 2 is 2.00 bits per heavy atom. The zero-order valence-electron chi connectivity index (χ0n) is 10.7. The molecule has 1 heterocycles. The summed E-state index contributed by atoms with van der Waals surface area (Å²) in [4.78, 5) is 0. The molecule has 0 saturated heterocycles. The van der Waals surface area contributed by atoms with Gasteiger partial charge in [-0.2, -0.15) is 0 Å². The number of ether oxygens (including phenoxy) is 1. The Labute approximate surface area is 102 Å². The maximum absolute atomic E-state index is 6.12. The Bertz CT molecular complexity index is 607. The third-order valence-corrected chi connectivity index (χ3v) is 3.97. The lowest BCUT2D eigenvalue weighted by atomic mass is 9.90. The van der Waals surface area contributed by atoms with Crippen LogP contribution in [0.3, 0.4) is 0 Å². The highest BCUT2D eigenvalue weighted by Gasteiger charge is 2.29. The molecule has 1 aromatic rings. The summed E-state index contributed by atoms with van der Waals surface area (Å²) in [5, 5.41) is 2.67. The molecule has 17 heavy (non-hydrogen) atoms. The Morgan fingerprint density at radius 1 is 1.24 bits per heavy atom. The van der Waals surface area contributed by atoms with Crippen LogP contribution in [0, 0.1) is 0 Å². The number of hydrogen-bond donors (Lipinski definition) is 0. The summed E-state index contributed by atoms with van der Waals surface area (Å²) >= 11 is 0. The molecule has 2 atom stereocenters. The van der Waals surface area contributed by atoms with Gasteiger partial charge in [-0.15, -0.1) is 0 Å². The number of fused-ring (bicyclic) bond motifs is 2. The van der Waals surface area contributed by atoms with Crippen LogP contribution in [0.25, 0.3) is 11.6 Å². The predicted octanol–water partition coefficient (Wildman–Crippen LogP) is 2.15. The molecule has 0 fully saturated rings. The number of benzene rings is 1. The monoisotopic (exact) mass is 226 g/mol. The molecular weight excluding hydrogens is 208 g/mol. The molecule has 0 spiro atoms. The van der Waals surface area contributed by atoms with Crippen molar-refractivity contribution in [1.29, 1.82) is 0 Å². The van der Waals surface area contributed by atoms with Gasteiger partial charge in [0.1, 0.15) is 6.10 Å². The first-order valence-corrected chi connectivity index (χ1v) is 6.39. The average molecular weight is 226 g/mol. The van der Waals surface area contributed by atoms with Crippen molar-refractivity contribution in [3.63, 3.8) is 0 Å². The summed E-state index contributed by atoms with van der Waals surface area (Å²) in [5.41, 5.74) is 4.27. The first-order valence-electron chi connectivity index (χ1n) is 6.39. The highest BCUT2D eigenvalue weighted by molar-refractivity contribution is 5.78. The van der Waals surface area contributed by atoms with Gasteiger partial charge in [0.15, 0.2) is 0 Å². The van der Waals surface area contributed by atoms with Crippen molar-refractivity contribution < 1.29 is 4.74 Å². The quantitative estimate of drug-likeness (QED) is 0.713. The summed E-state index contributed by atoms with van der Waals surface area (Å²) in [5.74, 6) is 0. The molecule has 0 N–H and O–H groups in total. The van der Waals surface area contributed by atoms with Crippen molar-refractivity contribution in [2.45, 2.75) is 39.4 Å². The summed E-state index contributed by atoms with van der Waals surface area (Å²) in [6.45, 7) is 6.62. The van der Waals surface area contributed by atoms with Gasteiger partial charge in [-0.25, -0.2) is 0 Å². The van der Waals surface area contributed by atoms with Crippen LogP contribution in [0.4, 0.5) is 0 Å². The minimum Gasteiger partial charge on any atom is -0.362 e. The summed E-state index contributed by atoms with van der Waals surface area (Å²) < 4.78 is 6.12. The van der Waals surface area contributed by atoms with Crippen molar-refractivity contribution in [2.24, 2.45) is 0 Å². The molecular formula is C16H18O. The summed E-state index contributed by atoms with van der Waals surface area (Å²) in [6.07, 6.45) is 3.74. The largest absolute Gasteiger partial charge is 0.362 e. The SMILES string of the molecule is CCC1=C(C)C2=c3ccccc3=CC2OC1C. The fourth-order valence-corrected chi connectivity index (χ4v) is 3.14. The van der Waals surface area contributed by atoms with E-state index in [1.54, 1.807) is 0 Å². The van der Waals surface area contributed by atoms with Crippen molar-refractivity contribution in [3.8, 4) is 0 Å². The first kappa shape index (κ1) is 10.8. The fourth-order valence-electron chi connectivity index (χ4n) is 3.14. The zero-order valence-corrected chi connectivity index (χ0v) is 10.7. The number of hydrogen-bond acceptors (Lipinski definition) is 1. The molecule has 2 unspecified atom stereocenters. The van der Waals surface area contributed by atoms with Gasteiger partial charge in [0.05, 0.1) is 6.10 Å². The van der Waals surface area contributed by atoms with E-state index in [1.165, 1.54) is 27.2 Å². The maximum atomic E-state index is 6.12. The van der Waals surface area contributed by atoms with Crippen LogP contribution in [-0.4, -0.2) is 12.2 Å². The van der Waals surface area contributed by atoms with E-state index in [2.05, 4.69) is 51.1 Å². The standard InChI is InChI=1S/C16H18O/c1-4-13-10(2)16-14-8-6-5-7-12(14)9-15(16)17-11(13)3/h5-9,11,15H,4H2,1-3H3. The Hall–Kier alpha value is -1.34. The topological polar surface area (TPSA) is 9.23 Å². The lowest BCUT2D eigenvalue weighted by molar-refractivity contribution is 0.0765. The molecule has 88 valence electrons. The van der Waals surface area contributed by atoms with E-state index in [9.17, 15) is 0 Å². The van der Waals surface area contributed by atoms with E-state index in [0.717, 1.165) is 6.42 Å². The van der Waals surface area contributed by atoms with Crippen molar-refractivity contribution in [2.75, 3.05) is 0 Å². The highest BCUT2D eigenvalue weighted by Crippen LogP contribution is 2.33. The average Bonchev–Trinajstić information content (AvgIpc) is 2.67. The molecule has 0 saturated carbocycles. The molecule has 1 aliphatic heterocycles. The Morgan fingerprint density at radius 3 is 2.76 bits per heavy atom. The van der Waals surface area contributed by atoms with E-state index in [1.807, 2.05) is 0 Å². The molecule has 0 radical (unpaired) electrons. The normalized spacial score (nSPS) is 26.6. The minimum atomic E-state index is 0.165. The molecule has 1 nitrogen and oxygen atoms in total. The Kier molecular flexibility index (Phi) is 2.44. The van der Waals surface area contributed by atoms with Crippen LogP contribution < -0.4 is 10.4 Å². The molecule has 1 heteroatoms. The molecule has 1 aromatic carbocycles. The van der Waals surface area contributed by atoms with Gasteiger partial charge >= 0.3 is 0 Å². The second-order valence-electron chi connectivity index (χ2n) is 4.87. The van der Waals surface area contributed by atoms with Crippen molar-refractivity contribution in [3.05, 3.63) is 45.8 Å². The van der Waals surface area contributed by atoms with Crippen LogP contribution in [0.1, 0.15) is 27.2 Å². The second-order valence-corrected chi connectivity index (χ2v) is 4.87. The van der Waals surface area contributed by atoms with Crippen LogP contribution in [0.15, 0.2) is 35.4 Å². The van der Waals surface area contributed by atoms with E-state index < -0.39 is 0 Å². The Balaban J connectivity index is 2.32. The summed E-state index contributed by atoms with van der Waals surface area (Å²) in [6, 6.07) is 8.58. The van der Waals surface area contributed by atoms with Crippen LogP contribution >= 0.6 is 0 Å². The van der Waals surface area contributed by atoms with Crippen molar-refractivity contribution >= 4 is 11.6 Å². The van der Waals surface area contributed by atoms with Gasteiger partial charge in [-0.05, 0) is 53.5 Å². The molecule has 0 bridgehead atoms. The van der Waals surface area contributed by atoms with Gasteiger partial charge in [0.25, 0.3) is 0 Å². The number of rotatable bonds is 1. The molecule has 0 aromatic heterocycles. The van der Waals surface area contributed by atoms with Crippen LogP contribution in [0.5, 0.6) is 0 Å². The van der Waals surface area contributed by atoms with Gasteiger partial charge < -0.3 is 4.74 Å². The van der Waals surface area contributed by atoms with Gasteiger partial charge in [-0.3, -0.25) is 0 Å². The third kappa shape index (κ3) is 1.49. The lowest BCUT2D eigenvalue weighted by Crippen LogP contribution is -2.29. The van der Waals surface area contributed by atoms with E-state index in [4.69, 9.17) is 4.74 Å². The van der Waals surface area contributed by atoms with Crippen molar-refractivity contribution in [1.82, 2.24) is 0 Å². The lowest BCUT2D eigenvalue weighted by Gasteiger charge is -2.30. The van der Waals surface area contributed by atoms with Gasteiger partial charge in [0.2, 0.25) is 0 Å².